The van der Waals surface area contributed by atoms with Gasteiger partial charge in [0.1, 0.15) is 0 Å². The van der Waals surface area contributed by atoms with E-state index in [0.717, 1.165) is 0 Å². The highest BCUT2D eigenvalue weighted by atomic mass is 14.4. The second-order valence-corrected chi connectivity index (χ2v) is 6.64. The lowest BCUT2D eigenvalue weighted by Gasteiger charge is -2.35. The summed E-state index contributed by atoms with van der Waals surface area (Å²) < 4.78 is 0. The van der Waals surface area contributed by atoms with Gasteiger partial charge < -0.3 is 0 Å². The van der Waals surface area contributed by atoms with E-state index in [1.807, 2.05) is 0 Å². The van der Waals surface area contributed by atoms with E-state index in [0.29, 0.717) is 11.8 Å². The zero-order valence-corrected chi connectivity index (χ0v) is 13.7. The molecule has 0 radical (unpaired) electrons. The van der Waals surface area contributed by atoms with Crippen molar-refractivity contribution in [1.82, 2.24) is 0 Å². The summed E-state index contributed by atoms with van der Waals surface area (Å²) in [7, 11) is 0. The van der Waals surface area contributed by atoms with Crippen molar-refractivity contribution in [2.24, 2.45) is 11.8 Å². The van der Waals surface area contributed by atoms with E-state index in [9.17, 15) is 0 Å². The Hall–Kier alpha value is -2.08. The van der Waals surface area contributed by atoms with Crippen LogP contribution in [-0.4, -0.2) is 0 Å². The SMILES string of the molecule is CC(C)C1=CC(C(C)(c2ccccc2)c2ccccc2)C=C1. The maximum Gasteiger partial charge on any atom is 0.0272 e. The van der Waals surface area contributed by atoms with Gasteiger partial charge in [-0.1, -0.05) is 99.7 Å². The van der Waals surface area contributed by atoms with E-state index >= 15 is 0 Å². The molecule has 22 heavy (non-hydrogen) atoms. The zero-order chi connectivity index (χ0) is 15.6. The van der Waals surface area contributed by atoms with Crippen LogP contribution < -0.4 is 0 Å². The van der Waals surface area contributed by atoms with Gasteiger partial charge >= 0.3 is 0 Å². The van der Waals surface area contributed by atoms with E-state index in [2.05, 4.69) is 99.7 Å². The molecule has 0 fully saturated rings. The minimum Gasteiger partial charge on any atom is -0.0761 e. The monoisotopic (exact) mass is 288 g/mol. The van der Waals surface area contributed by atoms with Gasteiger partial charge in [-0.3, -0.25) is 0 Å². The van der Waals surface area contributed by atoms with Crippen LogP contribution in [0.5, 0.6) is 0 Å². The van der Waals surface area contributed by atoms with E-state index < -0.39 is 0 Å². The molecule has 0 bridgehead atoms. The minimum absolute atomic E-state index is 0.0321. The normalized spacial score (nSPS) is 17.8. The molecule has 2 aromatic rings. The van der Waals surface area contributed by atoms with Gasteiger partial charge in [-0.05, 0) is 22.6 Å². The average molecular weight is 288 g/mol. The lowest BCUT2D eigenvalue weighted by atomic mass is 9.67. The molecule has 1 aliphatic carbocycles. The molecule has 0 aliphatic heterocycles. The summed E-state index contributed by atoms with van der Waals surface area (Å²) in [5, 5.41) is 0. The predicted molar refractivity (Wildman–Crippen MR) is 94.9 cm³/mol. The fourth-order valence-corrected chi connectivity index (χ4v) is 3.40. The quantitative estimate of drug-likeness (QED) is 0.671. The second kappa shape index (κ2) is 5.96. The molecular formula is C22H24. The van der Waals surface area contributed by atoms with Crippen molar-refractivity contribution in [3.8, 4) is 0 Å². The van der Waals surface area contributed by atoms with Crippen LogP contribution in [-0.2, 0) is 5.41 Å². The zero-order valence-electron chi connectivity index (χ0n) is 13.7. The van der Waals surface area contributed by atoms with Crippen molar-refractivity contribution in [2.45, 2.75) is 26.2 Å². The fourth-order valence-electron chi connectivity index (χ4n) is 3.40. The summed E-state index contributed by atoms with van der Waals surface area (Å²) in [5.41, 5.74) is 4.16. The van der Waals surface area contributed by atoms with E-state index in [4.69, 9.17) is 0 Å². The molecule has 1 atom stereocenters. The Morgan fingerprint density at radius 1 is 0.818 bits per heavy atom. The van der Waals surface area contributed by atoms with Crippen molar-refractivity contribution >= 4 is 0 Å². The molecule has 0 amide bonds. The van der Waals surface area contributed by atoms with Crippen LogP contribution in [0.2, 0.25) is 0 Å². The Morgan fingerprint density at radius 2 is 1.32 bits per heavy atom. The van der Waals surface area contributed by atoms with Crippen LogP contribution in [0.4, 0.5) is 0 Å². The highest BCUT2D eigenvalue weighted by Gasteiger charge is 2.36. The first-order valence-electron chi connectivity index (χ1n) is 8.13. The van der Waals surface area contributed by atoms with Gasteiger partial charge in [0.05, 0.1) is 0 Å². The van der Waals surface area contributed by atoms with Crippen molar-refractivity contribution in [1.29, 1.82) is 0 Å². The largest absolute Gasteiger partial charge is 0.0761 e. The fraction of sp³-hybridized carbons (Fsp3) is 0.273. The van der Waals surface area contributed by atoms with Gasteiger partial charge in [-0.25, -0.2) is 0 Å². The van der Waals surface area contributed by atoms with Crippen molar-refractivity contribution in [3.63, 3.8) is 0 Å². The summed E-state index contributed by atoms with van der Waals surface area (Å²) in [6, 6.07) is 21.8. The number of rotatable bonds is 4. The smallest absolute Gasteiger partial charge is 0.0272 e. The summed E-state index contributed by atoms with van der Waals surface area (Å²) >= 11 is 0. The van der Waals surface area contributed by atoms with Crippen LogP contribution in [0.15, 0.2) is 84.5 Å². The highest BCUT2D eigenvalue weighted by Crippen LogP contribution is 2.43. The van der Waals surface area contributed by atoms with Crippen molar-refractivity contribution in [2.75, 3.05) is 0 Å². The van der Waals surface area contributed by atoms with E-state index in [-0.39, 0.29) is 5.41 Å². The molecule has 0 heteroatoms. The third-order valence-electron chi connectivity index (χ3n) is 4.95. The highest BCUT2D eigenvalue weighted by molar-refractivity contribution is 5.46. The van der Waals surface area contributed by atoms with Gasteiger partial charge in [0.15, 0.2) is 0 Å². The number of benzene rings is 2. The molecule has 3 rings (SSSR count). The Balaban J connectivity index is 2.12. The first-order chi connectivity index (χ1) is 10.6. The molecule has 0 aromatic heterocycles. The third kappa shape index (κ3) is 2.54. The lowest BCUT2D eigenvalue weighted by Crippen LogP contribution is -2.30. The molecule has 0 nitrogen and oxygen atoms in total. The molecule has 1 unspecified atom stereocenters. The van der Waals surface area contributed by atoms with Gasteiger partial charge in [0, 0.05) is 11.3 Å². The molecule has 1 aliphatic rings. The molecule has 0 saturated heterocycles. The molecular weight excluding hydrogens is 264 g/mol. The first-order valence-corrected chi connectivity index (χ1v) is 8.13. The standard InChI is InChI=1S/C22H24/c1-17(2)18-14-15-21(16-18)22(3,19-10-6-4-7-11-19)20-12-8-5-9-13-20/h4-17,21H,1-3H3. The lowest BCUT2D eigenvalue weighted by molar-refractivity contribution is 0.486. The number of allylic oxidation sites excluding steroid dienone is 4. The third-order valence-corrected chi connectivity index (χ3v) is 4.95. The predicted octanol–water partition coefficient (Wildman–Crippen LogP) is 5.76. The summed E-state index contributed by atoms with van der Waals surface area (Å²) in [6.45, 7) is 6.90. The first kappa shape index (κ1) is 14.8. The number of hydrogen-bond donors (Lipinski definition) is 0. The minimum atomic E-state index is -0.0321. The van der Waals surface area contributed by atoms with Gasteiger partial charge in [-0.15, -0.1) is 0 Å². The Bertz CT molecular complexity index is 635. The molecule has 112 valence electrons. The van der Waals surface area contributed by atoms with Crippen LogP contribution in [0.25, 0.3) is 0 Å². The van der Waals surface area contributed by atoms with Crippen molar-refractivity contribution in [3.05, 3.63) is 95.6 Å². The number of hydrogen-bond acceptors (Lipinski definition) is 0. The van der Waals surface area contributed by atoms with Crippen LogP contribution in [0.1, 0.15) is 31.9 Å². The summed E-state index contributed by atoms with van der Waals surface area (Å²) in [5.74, 6) is 0.978. The van der Waals surface area contributed by atoms with Crippen LogP contribution >= 0.6 is 0 Å². The molecule has 0 heterocycles. The van der Waals surface area contributed by atoms with Gasteiger partial charge in [0.2, 0.25) is 0 Å². The molecule has 0 saturated carbocycles. The molecule has 2 aromatic carbocycles. The summed E-state index contributed by atoms with van der Waals surface area (Å²) in [6.07, 6.45) is 7.12. The van der Waals surface area contributed by atoms with Crippen LogP contribution in [0.3, 0.4) is 0 Å². The second-order valence-electron chi connectivity index (χ2n) is 6.64. The summed E-state index contributed by atoms with van der Waals surface area (Å²) in [4.78, 5) is 0. The average Bonchev–Trinajstić information content (AvgIpc) is 3.06. The van der Waals surface area contributed by atoms with Crippen molar-refractivity contribution < 1.29 is 0 Å². The maximum absolute atomic E-state index is 2.45. The Morgan fingerprint density at radius 3 is 1.73 bits per heavy atom. The van der Waals surface area contributed by atoms with E-state index in [1.165, 1.54) is 16.7 Å². The van der Waals surface area contributed by atoms with Gasteiger partial charge in [-0.2, -0.15) is 0 Å². The van der Waals surface area contributed by atoms with Crippen LogP contribution in [0, 0.1) is 11.8 Å². The topological polar surface area (TPSA) is 0 Å². The molecule has 0 N–H and O–H groups in total. The Kier molecular flexibility index (Phi) is 4.02. The Labute approximate surface area is 134 Å². The molecule has 0 spiro atoms. The van der Waals surface area contributed by atoms with E-state index in [1.54, 1.807) is 0 Å². The maximum atomic E-state index is 2.45. The van der Waals surface area contributed by atoms with Gasteiger partial charge in [0.25, 0.3) is 0 Å².